The topological polar surface area (TPSA) is 70.6 Å². The Bertz CT molecular complexity index is 223. The molecule has 0 fully saturated rings. The van der Waals surface area contributed by atoms with Gasteiger partial charge < -0.3 is 16.3 Å². The minimum atomic E-state index is 0.289. The maximum Gasteiger partial charge on any atom is 0.140 e. The molecule has 0 bridgehead atoms. The van der Waals surface area contributed by atoms with E-state index in [0.717, 1.165) is 19.5 Å². The first-order valence-corrected chi connectivity index (χ1v) is 5.18. The van der Waals surface area contributed by atoms with Crippen molar-refractivity contribution in [2.24, 2.45) is 10.9 Å². The summed E-state index contributed by atoms with van der Waals surface area (Å²) in [6.45, 7) is 1.77. The van der Waals surface area contributed by atoms with Gasteiger partial charge in [0.2, 0.25) is 0 Å². The Morgan fingerprint density at radius 1 is 1.57 bits per heavy atom. The summed E-state index contributed by atoms with van der Waals surface area (Å²) in [4.78, 5) is 0. The van der Waals surface area contributed by atoms with Crippen molar-refractivity contribution in [3.8, 4) is 0 Å². The van der Waals surface area contributed by atoms with Crippen LogP contribution in [-0.2, 0) is 0 Å². The predicted molar refractivity (Wildman–Crippen MR) is 57.4 cm³/mol. The number of rotatable bonds is 6. The average molecular weight is 197 g/mol. The lowest BCUT2D eigenvalue weighted by atomic mass is 10.2. The highest BCUT2D eigenvalue weighted by Gasteiger charge is 2.03. The molecule has 0 saturated carbocycles. The zero-order valence-electron chi connectivity index (χ0n) is 8.50. The number of allylic oxidation sites excluding steroid dienone is 1. The summed E-state index contributed by atoms with van der Waals surface area (Å²) < 4.78 is 0. The monoisotopic (exact) mass is 197 g/mol. The van der Waals surface area contributed by atoms with E-state index in [0.29, 0.717) is 6.42 Å². The van der Waals surface area contributed by atoms with E-state index in [-0.39, 0.29) is 5.84 Å². The van der Waals surface area contributed by atoms with Crippen LogP contribution in [0.2, 0.25) is 0 Å². The molecule has 0 saturated heterocycles. The fourth-order valence-electron chi connectivity index (χ4n) is 1.60. The van der Waals surface area contributed by atoms with Crippen molar-refractivity contribution >= 4 is 5.84 Å². The summed E-state index contributed by atoms with van der Waals surface area (Å²) in [5.41, 5.74) is 6.90. The molecule has 1 aliphatic carbocycles. The van der Waals surface area contributed by atoms with Gasteiger partial charge >= 0.3 is 0 Å². The predicted octanol–water partition coefficient (Wildman–Crippen LogP) is 1.21. The summed E-state index contributed by atoms with van der Waals surface area (Å²) in [6.07, 6.45) is 7.91. The van der Waals surface area contributed by atoms with Gasteiger partial charge in [0, 0.05) is 13.0 Å². The molecule has 0 aromatic rings. The average Bonchev–Trinajstić information content (AvgIpc) is 2.69. The maximum atomic E-state index is 8.29. The van der Waals surface area contributed by atoms with Crippen molar-refractivity contribution in [2.45, 2.75) is 32.1 Å². The molecule has 4 heteroatoms. The molecular formula is C10H19N3O. The lowest BCUT2D eigenvalue weighted by Gasteiger charge is -2.04. The van der Waals surface area contributed by atoms with E-state index < -0.39 is 0 Å². The highest BCUT2D eigenvalue weighted by atomic mass is 16.4. The molecule has 0 aliphatic heterocycles. The van der Waals surface area contributed by atoms with Gasteiger partial charge in [0.15, 0.2) is 0 Å². The minimum Gasteiger partial charge on any atom is -0.409 e. The number of oxime groups is 1. The van der Waals surface area contributed by atoms with Crippen LogP contribution in [0.15, 0.2) is 16.8 Å². The molecule has 1 rings (SSSR count). The molecule has 1 aliphatic rings. The lowest BCUT2D eigenvalue weighted by molar-refractivity contribution is 0.316. The van der Waals surface area contributed by atoms with Crippen LogP contribution in [0.1, 0.15) is 32.1 Å². The molecule has 4 N–H and O–H groups in total. The van der Waals surface area contributed by atoms with Crippen LogP contribution < -0.4 is 11.1 Å². The van der Waals surface area contributed by atoms with Gasteiger partial charge in [0.25, 0.3) is 0 Å². The third kappa shape index (κ3) is 4.28. The first-order chi connectivity index (χ1) is 6.83. The Balaban J connectivity index is 1.94. The molecule has 0 spiro atoms. The van der Waals surface area contributed by atoms with E-state index in [9.17, 15) is 0 Å². The Morgan fingerprint density at radius 2 is 2.43 bits per heavy atom. The zero-order valence-corrected chi connectivity index (χ0v) is 8.50. The van der Waals surface area contributed by atoms with Crippen molar-refractivity contribution < 1.29 is 5.21 Å². The van der Waals surface area contributed by atoms with Gasteiger partial charge in [-0.25, -0.2) is 0 Å². The molecular weight excluding hydrogens is 178 g/mol. The fraction of sp³-hybridized carbons (Fsp3) is 0.700. The van der Waals surface area contributed by atoms with E-state index in [4.69, 9.17) is 10.9 Å². The molecule has 80 valence electrons. The van der Waals surface area contributed by atoms with Crippen molar-refractivity contribution in [2.75, 3.05) is 13.1 Å². The SMILES string of the molecule is NC(CCNCCC1=CCCC1)=NO. The number of nitrogens with one attached hydrogen (secondary N) is 1. The largest absolute Gasteiger partial charge is 0.409 e. The standard InChI is InChI=1S/C10H19N3O/c11-10(13-14)6-8-12-7-5-9-3-1-2-4-9/h3,12,14H,1-2,4-8H2,(H2,11,13). The highest BCUT2D eigenvalue weighted by molar-refractivity contribution is 5.79. The molecule has 0 unspecified atom stereocenters. The third-order valence-corrected chi connectivity index (χ3v) is 2.44. The second-order valence-electron chi connectivity index (χ2n) is 3.60. The van der Waals surface area contributed by atoms with Gasteiger partial charge in [0.1, 0.15) is 5.84 Å². The smallest absolute Gasteiger partial charge is 0.140 e. The molecule has 0 radical (unpaired) electrons. The van der Waals surface area contributed by atoms with Crippen LogP contribution in [-0.4, -0.2) is 24.1 Å². The van der Waals surface area contributed by atoms with Gasteiger partial charge in [-0.1, -0.05) is 16.8 Å². The minimum absolute atomic E-state index is 0.289. The molecule has 0 amide bonds. The molecule has 4 nitrogen and oxygen atoms in total. The number of nitrogens with zero attached hydrogens (tertiary/aromatic N) is 1. The fourth-order valence-corrected chi connectivity index (χ4v) is 1.60. The highest BCUT2D eigenvalue weighted by Crippen LogP contribution is 2.19. The second kappa shape index (κ2) is 6.43. The first-order valence-electron chi connectivity index (χ1n) is 5.18. The van der Waals surface area contributed by atoms with Crippen LogP contribution in [0.4, 0.5) is 0 Å². The zero-order chi connectivity index (χ0) is 10.2. The van der Waals surface area contributed by atoms with Gasteiger partial charge in [-0.15, -0.1) is 0 Å². The molecule has 0 atom stereocenters. The molecule has 0 aromatic heterocycles. The Kier molecular flexibility index (Phi) is 5.07. The Morgan fingerprint density at radius 3 is 3.07 bits per heavy atom. The third-order valence-electron chi connectivity index (χ3n) is 2.44. The normalized spacial score (nSPS) is 17.1. The van der Waals surface area contributed by atoms with Crippen molar-refractivity contribution in [1.82, 2.24) is 5.32 Å². The van der Waals surface area contributed by atoms with Crippen molar-refractivity contribution in [3.63, 3.8) is 0 Å². The van der Waals surface area contributed by atoms with Crippen molar-refractivity contribution in [3.05, 3.63) is 11.6 Å². The Hall–Kier alpha value is -1.03. The summed E-state index contributed by atoms with van der Waals surface area (Å²) in [5.74, 6) is 0.289. The lowest BCUT2D eigenvalue weighted by Crippen LogP contribution is -2.23. The first kappa shape index (κ1) is 11.0. The number of hydrogen-bond donors (Lipinski definition) is 3. The number of hydrogen-bond acceptors (Lipinski definition) is 3. The van der Waals surface area contributed by atoms with E-state index in [1.54, 1.807) is 5.57 Å². The quantitative estimate of drug-likeness (QED) is 0.150. The van der Waals surface area contributed by atoms with Gasteiger partial charge in [-0.2, -0.15) is 0 Å². The molecule has 14 heavy (non-hydrogen) atoms. The van der Waals surface area contributed by atoms with E-state index in [1.807, 2.05) is 0 Å². The van der Waals surface area contributed by atoms with E-state index in [2.05, 4.69) is 16.5 Å². The maximum absolute atomic E-state index is 8.29. The van der Waals surface area contributed by atoms with Gasteiger partial charge in [-0.3, -0.25) is 0 Å². The summed E-state index contributed by atoms with van der Waals surface area (Å²) in [7, 11) is 0. The Labute approximate surface area is 84.9 Å². The summed E-state index contributed by atoms with van der Waals surface area (Å²) in [6, 6.07) is 0. The van der Waals surface area contributed by atoms with Crippen LogP contribution in [0.3, 0.4) is 0 Å². The van der Waals surface area contributed by atoms with E-state index in [1.165, 1.54) is 19.3 Å². The number of nitrogens with two attached hydrogens (primary N) is 1. The molecule has 0 aromatic carbocycles. The van der Waals surface area contributed by atoms with E-state index >= 15 is 0 Å². The summed E-state index contributed by atoms with van der Waals surface area (Å²) in [5, 5.41) is 14.5. The van der Waals surface area contributed by atoms with Crippen LogP contribution in [0, 0.1) is 0 Å². The second-order valence-corrected chi connectivity index (χ2v) is 3.60. The van der Waals surface area contributed by atoms with Crippen LogP contribution in [0.25, 0.3) is 0 Å². The van der Waals surface area contributed by atoms with Crippen LogP contribution in [0.5, 0.6) is 0 Å². The van der Waals surface area contributed by atoms with Crippen LogP contribution >= 0.6 is 0 Å². The van der Waals surface area contributed by atoms with Gasteiger partial charge in [-0.05, 0) is 32.2 Å². The number of amidine groups is 1. The molecule has 0 heterocycles. The van der Waals surface area contributed by atoms with Crippen molar-refractivity contribution in [1.29, 1.82) is 0 Å². The summed E-state index contributed by atoms with van der Waals surface area (Å²) >= 11 is 0. The van der Waals surface area contributed by atoms with Gasteiger partial charge in [0.05, 0.1) is 0 Å².